The molecule has 2 rings (SSSR count). The van der Waals surface area contributed by atoms with Crippen LogP contribution in [0, 0.1) is 0 Å². The van der Waals surface area contributed by atoms with Gasteiger partial charge in [0, 0.05) is 0 Å². The van der Waals surface area contributed by atoms with Crippen molar-refractivity contribution < 1.29 is 0 Å². The van der Waals surface area contributed by atoms with Crippen LogP contribution >= 0.6 is 9.24 Å². The van der Waals surface area contributed by atoms with Gasteiger partial charge in [-0.2, -0.15) is 0 Å². The molecule has 1 atom stereocenters. The summed E-state index contributed by atoms with van der Waals surface area (Å²) in [7, 11) is 2.77. The van der Waals surface area contributed by atoms with E-state index in [0.29, 0.717) is 0 Å². The predicted molar refractivity (Wildman–Crippen MR) is 58.7 cm³/mol. The van der Waals surface area contributed by atoms with E-state index in [1.807, 2.05) is 0 Å². The first-order valence-electron chi connectivity index (χ1n) is 3.75. The average molecular weight is 234 g/mol. The van der Waals surface area contributed by atoms with Gasteiger partial charge in [-0.3, -0.25) is 0 Å². The summed E-state index contributed by atoms with van der Waals surface area (Å²) >= 11 is 2.61. The second-order valence-electron chi connectivity index (χ2n) is 2.72. The van der Waals surface area contributed by atoms with Crippen molar-refractivity contribution in [1.29, 1.82) is 0 Å². The van der Waals surface area contributed by atoms with Gasteiger partial charge in [-0.05, 0) is 0 Å². The van der Waals surface area contributed by atoms with Crippen LogP contribution in [0.4, 0.5) is 0 Å². The van der Waals surface area contributed by atoms with Crippen molar-refractivity contribution in [3.05, 3.63) is 36.4 Å². The Morgan fingerprint density at radius 2 is 1.67 bits per heavy atom. The molecule has 0 amide bonds. The molecule has 0 nitrogen and oxygen atoms in total. The zero-order valence-electron chi connectivity index (χ0n) is 6.49. The average Bonchev–Trinajstić information content (AvgIpc) is 2.04. The van der Waals surface area contributed by atoms with E-state index in [9.17, 15) is 0 Å². The number of rotatable bonds is 0. The van der Waals surface area contributed by atoms with Crippen molar-refractivity contribution in [3.63, 3.8) is 0 Å². The van der Waals surface area contributed by atoms with Gasteiger partial charge in [-0.25, -0.2) is 0 Å². The van der Waals surface area contributed by atoms with Crippen molar-refractivity contribution in [1.82, 2.24) is 0 Å². The Bertz CT molecular complexity index is 386. The molecule has 0 spiro atoms. The van der Waals surface area contributed by atoms with Crippen LogP contribution < -0.4 is 9.66 Å². The first kappa shape index (κ1) is 8.29. The Morgan fingerprint density at radius 1 is 1.00 bits per heavy atom. The first-order chi connectivity index (χ1) is 5.79. The summed E-state index contributed by atoms with van der Waals surface area (Å²) in [5.74, 6) is 0. The van der Waals surface area contributed by atoms with E-state index >= 15 is 0 Å². The van der Waals surface area contributed by atoms with Gasteiger partial charge in [0.15, 0.2) is 0 Å². The van der Waals surface area contributed by atoms with Crippen LogP contribution in [0.25, 0.3) is 10.8 Å². The second kappa shape index (κ2) is 3.21. The van der Waals surface area contributed by atoms with E-state index in [4.69, 9.17) is 0 Å². The van der Waals surface area contributed by atoms with E-state index in [1.54, 1.807) is 0 Å². The van der Waals surface area contributed by atoms with Gasteiger partial charge >= 0.3 is 82.9 Å². The molecule has 2 aromatic carbocycles. The van der Waals surface area contributed by atoms with Gasteiger partial charge in [-0.1, -0.05) is 0 Å². The predicted octanol–water partition coefficient (Wildman–Crippen LogP) is 1.13. The summed E-state index contributed by atoms with van der Waals surface area (Å²) in [6.07, 6.45) is 0. The van der Waals surface area contributed by atoms with Gasteiger partial charge in [0.1, 0.15) is 0 Å². The fourth-order valence-corrected chi connectivity index (χ4v) is 2.77. The molecule has 2 aromatic rings. The molecular weight excluding hydrogens is 226 g/mol. The number of hydrogen-bond donors (Lipinski definition) is 0. The summed E-state index contributed by atoms with van der Waals surface area (Å²) < 4.78 is 1.28. The van der Waals surface area contributed by atoms with Crippen LogP contribution in [-0.4, -0.2) is 16.9 Å². The first-order valence-corrected chi connectivity index (χ1v) is 5.27. The summed E-state index contributed by atoms with van der Waals surface area (Å²) in [6.45, 7) is 0. The van der Waals surface area contributed by atoms with E-state index in [-0.39, 0.29) is 0 Å². The third kappa shape index (κ3) is 1.30. The Balaban J connectivity index is 2.96. The van der Waals surface area contributed by atoms with E-state index in [0.717, 1.165) is 0 Å². The molecule has 0 aliphatic heterocycles. The molecule has 0 heterocycles. The van der Waals surface area contributed by atoms with Crippen LogP contribution in [0.3, 0.4) is 0 Å². The standard InChI is InChI=1S/C10H8AsP/c11-8-5-1-3-7-4-2-6-9(12)10(7)8/h1-6H,12H2. The fourth-order valence-electron chi connectivity index (χ4n) is 1.35. The van der Waals surface area contributed by atoms with Crippen molar-refractivity contribution in [2.24, 2.45) is 0 Å². The van der Waals surface area contributed by atoms with Crippen molar-refractivity contribution >= 4 is 46.5 Å². The molecule has 12 heavy (non-hydrogen) atoms. The van der Waals surface area contributed by atoms with Crippen LogP contribution in [-0.2, 0) is 0 Å². The molecule has 2 heteroatoms. The zero-order chi connectivity index (χ0) is 8.55. The topological polar surface area (TPSA) is 0 Å². The van der Waals surface area contributed by atoms with Crippen LogP contribution in [0.2, 0.25) is 0 Å². The number of benzene rings is 2. The molecular formula is C10H8AsP. The Kier molecular flexibility index (Phi) is 2.22. The maximum atomic E-state index is 2.77. The second-order valence-corrected chi connectivity index (χ2v) is 4.36. The Hall–Kier alpha value is -0.312. The quantitative estimate of drug-likeness (QED) is 0.473. The molecule has 2 radical (unpaired) electrons. The molecule has 0 aliphatic rings. The Labute approximate surface area is 83.1 Å². The van der Waals surface area contributed by atoms with Crippen molar-refractivity contribution in [2.45, 2.75) is 0 Å². The summed E-state index contributed by atoms with van der Waals surface area (Å²) in [5, 5.41) is 3.91. The zero-order valence-corrected chi connectivity index (χ0v) is 9.52. The van der Waals surface area contributed by atoms with Crippen molar-refractivity contribution in [3.8, 4) is 0 Å². The molecule has 0 N–H and O–H groups in total. The minimum atomic E-state index is 1.27. The van der Waals surface area contributed by atoms with E-state index in [2.05, 4.69) is 62.5 Å². The number of fused-ring (bicyclic) bond motifs is 1. The normalized spacial score (nSPS) is 10.5. The molecule has 0 aromatic heterocycles. The van der Waals surface area contributed by atoms with Crippen LogP contribution in [0.5, 0.6) is 0 Å². The van der Waals surface area contributed by atoms with Crippen molar-refractivity contribution in [2.75, 3.05) is 0 Å². The van der Waals surface area contributed by atoms with Gasteiger partial charge in [0.2, 0.25) is 0 Å². The molecule has 0 saturated carbocycles. The summed E-state index contributed by atoms with van der Waals surface area (Å²) in [4.78, 5) is 0. The molecule has 1 unspecified atom stereocenters. The monoisotopic (exact) mass is 234 g/mol. The fraction of sp³-hybridized carbons (Fsp3) is 0. The summed E-state index contributed by atoms with van der Waals surface area (Å²) in [5.41, 5.74) is 0. The molecule has 0 aliphatic carbocycles. The van der Waals surface area contributed by atoms with E-state index in [1.165, 1.54) is 20.4 Å². The van der Waals surface area contributed by atoms with Crippen LogP contribution in [0.1, 0.15) is 0 Å². The Morgan fingerprint density at radius 3 is 2.33 bits per heavy atom. The molecule has 0 bridgehead atoms. The molecule has 58 valence electrons. The SMILES string of the molecule is Pc1cccc2cccc([As])c12. The third-order valence-electron chi connectivity index (χ3n) is 1.91. The molecule has 0 fully saturated rings. The van der Waals surface area contributed by atoms with Gasteiger partial charge in [0.05, 0.1) is 0 Å². The summed E-state index contributed by atoms with van der Waals surface area (Å²) in [6, 6.07) is 12.7. The maximum absolute atomic E-state index is 2.77. The van der Waals surface area contributed by atoms with Gasteiger partial charge in [0.25, 0.3) is 0 Å². The minimum absolute atomic E-state index is 1.27. The van der Waals surface area contributed by atoms with Crippen LogP contribution in [0.15, 0.2) is 36.4 Å². The van der Waals surface area contributed by atoms with Gasteiger partial charge < -0.3 is 0 Å². The van der Waals surface area contributed by atoms with Gasteiger partial charge in [-0.15, -0.1) is 0 Å². The van der Waals surface area contributed by atoms with E-state index < -0.39 is 0 Å². The number of hydrogen-bond acceptors (Lipinski definition) is 0. The molecule has 0 saturated heterocycles. The third-order valence-corrected chi connectivity index (χ3v) is 3.18.